The minimum absolute atomic E-state index is 0.287. The molecule has 0 radical (unpaired) electrons. The zero-order valence-electron chi connectivity index (χ0n) is 19.0. The standard InChI is InChI=1S/C25H26N6O2S/c1-4-22(32)27-19-6-5-7-20(16-19)33-24-23-21(12-15-34-23)29-25(30-24)28-18-10-8-17(9-11-18)26-13-14-31(2)3/h4-12,15-16,26H,1,13-14H2,2-3H3,(H,27,32)(H,28,29,30). The number of fused-ring (bicyclic) bond motifs is 1. The van der Waals surface area contributed by atoms with Gasteiger partial charge in [-0.05, 0) is 68.0 Å². The smallest absolute Gasteiger partial charge is 0.247 e. The van der Waals surface area contributed by atoms with Gasteiger partial charge < -0.3 is 25.6 Å². The number of nitrogens with one attached hydrogen (secondary N) is 3. The second-order valence-corrected chi connectivity index (χ2v) is 8.66. The monoisotopic (exact) mass is 474 g/mol. The van der Waals surface area contributed by atoms with Crippen molar-refractivity contribution < 1.29 is 9.53 Å². The van der Waals surface area contributed by atoms with Crippen molar-refractivity contribution in [1.29, 1.82) is 0 Å². The molecule has 2 heterocycles. The number of hydrogen-bond acceptors (Lipinski definition) is 8. The van der Waals surface area contributed by atoms with Crippen molar-refractivity contribution in [3.63, 3.8) is 0 Å². The second-order valence-electron chi connectivity index (χ2n) is 7.74. The van der Waals surface area contributed by atoms with Gasteiger partial charge in [0.25, 0.3) is 0 Å². The topological polar surface area (TPSA) is 91.4 Å². The van der Waals surface area contributed by atoms with Gasteiger partial charge in [0.2, 0.25) is 17.7 Å². The van der Waals surface area contributed by atoms with Crippen LogP contribution in [-0.2, 0) is 4.79 Å². The maximum atomic E-state index is 11.6. The number of anilines is 4. The average molecular weight is 475 g/mol. The Kier molecular flexibility index (Phi) is 7.36. The summed E-state index contributed by atoms with van der Waals surface area (Å²) < 4.78 is 6.93. The van der Waals surface area contributed by atoms with Crippen molar-refractivity contribution in [2.24, 2.45) is 0 Å². The lowest BCUT2D eigenvalue weighted by molar-refractivity contribution is -0.111. The van der Waals surface area contributed by atoms with Gasteiger partial charge in [-0.15, -0.1) is 11.3 Å². The van der Waals surface area contributed by atoms with Gasteiger partial charge in [0.1, 0.15) is 10.4 Å². The molecule has 8 nitrogen and oxygen atoms in total. The molecule has 174 valence electrons. The summed E-state index contributed by atoms with van der Waals surface area (Å²) >= 11 is 1.51. The molecule has 0 unspecified atom stereocenters. The normalized spacial score (nSPS) is 10.8. The molecule has 3 N–H and O–H groups in total. The minimum atomic E-state index is -0.287. The number of likely N-dealkylation sites (N-methyl/N-ethyl adjacent to an activating group) is 1. The molecule has 1 amide bonds. The number of carbonyl (C=O) groups is 1. The van der Waals surface area contributed by atoms with E-state index in [0.717, 1.165) is 34.7 Å². The zero-order valence-corrected chi connectivity index (χ0v) is 19.9. The molecule has 34 heavy (non-hydrogen) atoms. The molecule has 0 saturated heterocycles. The Labute approximate surface area is 202 Å². The quantitative estimate of drug-likeness (QED) is 0.268. The fraction of sp³-hybridized carbons (Fsp3) is 0.160. The Bertz CT molecular complexity index is 1290. The van der Waals surface area contributed by atoms with E-state index in [1.54, 1.807) is 24.3 Å². The Hall–Kier alpha value is -3.95. The van der Waals surface area contributed by atoms with Crippen molar-refractivity contribution in [3.05, 3.63) is 72.6 Å². The summed E-state index contributed by atoms with van der Waals surface area (Å²) in [6.45, 7) is 5.30. The molecular weight excluding hydrogens is 448 g/mol. The Morgan fingerprint density at radius 2 is 1.88 bits per heavy atom. The van der Waals surface area contributed by atoms with Crippen LogP contribution < -0.4 is 20.7 Å². The molecule has 2 aromatic heterocycles. The molecule has 4 rings (SSSR count). The summed E-state index contributed by atoms with van der Waals surface area (Å²) in [5.74, 6) is 1.14. The molecule has 2 aromatic carbocycles. The number of hydrogen-bond donors (Lipinski definition) is 3. The molecule has 0 aliphatic rings. The van der Waals surface area contributed by atoms with Crippen LogP contribution in [0.5, 0.6) is 11.6 Å². The Balaban J connectivity index is 1.51. The van der Waals surface area contributed by atoms with E-state index >= 15 is 0 Å². The summed E-state index contributed by atoms with van der Waals surface area (Å²) in [6, 6.07) is 17.0. The first-order valence-electron chi connectivity index (χ1n) is 10.7. The molecule has 0 spiro atoms. The van der Waals surface area contributed by atoms with Crippen LogP contribution >= 0.6 is 11.3 Å². The highest BCUT2D eigenvalue weighted by Crippen LogP contribution is 2.33. The highest BCUT2D eigenvalue weighted by atomic mass is 32.1. The van der Waals surface area contributed by atoms with Gasteiger partial charge in [-0.2, -0.15) is 4.98 Å². The number of rotatable bonds is 10. The molecule has 0 fully saturated rings. The van der Waals surface area contributed by atoms with Gasteiger partial charge in [0.15, 0.2) is 0 Å². The van der Waals surface area contributed by atoms with Crippen LogP contribution in [0.4, 0.5) is 23.0 Å². The average Bonchev–Trinajstić information content (AvgIpc) is 3.29. The number of amides is 1. The Morgan fingerprint density at radius 1 is 1.09 bits per heavy atom. The highest BCUT2D eigenvalue weighted by Gasteiger charge is 2.12. The number of benzene rings is 2. The molecule has 4 aromatic rings. The predicted molar refractivity (Wildman–Crippen MR) is 140 cm³/mol. The van der Waals surface area contributed by atoms with Crippen molar-refractivity contribution in [2.75, 3.05) is 43.1 Å². The minimum Gasteiger partial charge on any atom is -0.437 e. The molecule has 9 heteroatoms. The molecular formula is C25H26N6O2S. The van der Waals surface area contributed by atoms with Gasteiger partial charge >= 0.3 is 0 Å². The number of aromatic nitrogens is 2. The summed E-state index contributed by atoms with van der Waals surface area (Å²) in [5, 5.41) is 11.3. The van der Waals surface area contributed by atoms with Gasteiger partial charge in [-0.25, -0.2) is 4.98 Å². The highest BCUT2D eigenvalue weighted by molar-refractivity contribution is 7.17. The number of carbonyl (C=O) groups excluding carboxylic acids is 1. The van der Waals surface area contributed by atoms with Crippen LogP contribution in [0.1, 0.15) is 0 Å². The van der Waals surface area contributed by atoms with E-state index in [9.17, 15) is 4.79 Å². The van der Waals surface area contributed by atoms with Gasteiger partial charge in [-0.3, -0.25) is 4.79 Å². The molecule has 0 aliphatic heterocycles. The van der Waals surface area contributed by atoms with Crippen LogP contribution in [0.15, 0.2) is 72.6 Å². The van der Waals surface area contributed by atoms with Crippen molar-refractivity contribution in [1.82, 2.24) is 14.9 Å². The first kappa shape index (κ1) is 23.2. The van der Waals surface area contributed by atoms with E-state index in [4.69, 9.17) is 4.74 Å². The molecule has 0 saturated carbocycles. The van der Waals surface area contributed by atoms with E-state index in [1.165, 1.54) is 17.4 Å². The van der Waals surface area contributed by atoms with E-state index < -0.39 is 0 Å². The van der Waals surface area contributed by atoms with E-state index in [2.05, 4.69) is 51.5 Å². The lowest BCUT2D eigenvalue weighted by atomic mass is 10.3. The lowest BCUT2D eigenvalue weighted by Crippen LogP contribution is -2.20. The second kappa shape index (κ2) is 10.8. The van der Waals surface area contributed by atoms with E-state index in [0.29, 0.717) is 23.3 Å². The van der Waals surface area contributed by atoms with E-state index in [-0.39, 0.29) is 5.91 Å². The first-order chi connectivity index (χ1) is 16.5. The maximum Gasteiger partial charge on any atom is 0.247 e. The number of ether oxygens (including phenoxy) is 1. The van der Waals surface area contributed by atoms with Crippen LogP contribution in [0.3, 0.4) is 0 Å². The molecule has 0 aliphatic carbocycles. The third-order valence-corrected chi connectivity index (χ3v) is 5.69. The van der Waals surface area contributed by atoms with Gasteiger partial charge in [-0.1, -0.05) is 12.6 Å². The zero-order chi connectivity index (χ0) is 23.9. The van der Waals surface area contributed by atoms with Crippen molar-refractivity contribution in [2.45, 2.75) is 0 Å². The third-order valence-electron chi connectivity index (χ3n) is 4.80. The van der Waals surface area contributed by atoms with Crippen molar-refractivity contribution >= 4 is 50.5 Å². The molecule has 0 atom stereocenters. The van der Waals surface area contributed by atoms with Crippen LogP contribution in [0.25, 0.3) is 10.2 Å². The summed E-state index contributed by atoms with van der Waals surface area (Å²) in [4.78, 5) is 23.0. The van der Waals surface area contributed by atoms with Crippen molar-refractivity contribution in [3.8, 4) is 11.6 Å². The Morgan fingerprint density at radius 3 is 2.65 bits per heavy atom. The largest absolute Gasteiger partial charge is 0.437 e. The SMILES string of the molecule is C=CC(=O)Nc1cccc(Oc2nc(Nc3ccc(NCCN(C)C)cc3)nc3ccsc23)c1. The first-order valence-corrected chi connectivity index (χ1v) is 11.6. The summed E-state index contributed by atoms with van der Waals surface area (Å²) in [7, 11) is 4.10. The van der Waals surface area contributed by atoms with Crippen LogP contribution in [0, 0.1) is 0 Å². The fourth-order valence-corrected chi connectivity index (χ4v) is 3.88. The third kappa shape index (κ3) is 6.09. The predicted octanol–water partition coefficient (Wildman–Crippen LogP) is 5.33. The van der Waals surface area contributed by atoms with Crippen LogP contribution in [-0.4, -0.2) is 48.0 Å². The molecule has 0 bridgehead atoms. The fourth-order valence-electron chi connectivity index (χ4n) is 3.13. The summed E-state index contributed by atoms with van der Waals surface area (Å²) in [6.07, 6.45) is 1.22. The number of nitrogens with zero attached hydrogens (tertiary/aromatic N) is 3. The van der Waals surface area contributed by atoms with Crippen LogP contribution in [0.2, 0.25) is 0 Å². The number of thiophene rings is 1. The van der Waals surface area contributed by atoms with Gasteiger partial charge in [0.05, 0.1) is 5.52 Å². The lowest BCUT2D eigenvalue weighted by Gasteiger charge is -2.12. The summed E-state index contributed by atoms with van der Waals surface area (Å²) in [5.41, 5.74) is 3.31. The van der Waals surface area contributed by atoms with Gasteiger partial charge in [0, 0.05) is 36.2 Å². The maximum absolute atomic E-state index is 11.6. The van der Waals surface area contributed by atoms with E-state index in [1.807, 2.05) is 35.7 Å².